The van der Waals surface area contributed by atoms with E-state index in [0.717, 1.165) is 0 Å². The van der Waals surface area contributed by atoms with Gasteiger partial charge in [0.15, 0.2) is 0 Å². The molecule has 1 aliphatic rings. The summed E-state index contributed by atoms with van der Waals surface area (Å²) in [7, 11) is 0. The number of hydrogen-bond acceptors (Lipinski definition) is 2. The highest BCUT2D eigenvalue weighted by molar-refractivity contribution is 5.97. The molecule has 0 aromatic heterocycles. The molecule has 0 fully saturated rings. The minimum absolute atomic E-state index is 0.433. The van der Waals surface area contributed by atoms with Crippen LogP contribution in [0, 0.1) is 0 Å². The van der Waals surface area contributed by atoms with Crippen molar-refractivity contribution in [3.63, 3.8) is 0 Å². The predicted octanol–water partition coefficient (Wildman–Crippen LogP) is 0.0287. The van der Waals surface area contributed by atoms with Gasteiger partial charge < -0.3 is 11.1 Å². The fraction of sp³-hybridized carbons (Fsp3) is 0. The molecule has 0 spiro atoms. The molecule has 1 amide bonds. The SMILES string of the molecule is C=C1C=CNC=C1C(N)=O. The van der Waals surface area contributed by atoms with Crippen molar-refractivity contribution < 1.29 is 4.79 Å². The molecular formula is C7H8N2O. The van der Waals surface area contributed by atoms with Gasteiger partial charge in [0.1, 0.15) is 0 Å². The lowest BCUT2D eigenvalue weighted by molar-refractivity contribution is -0.114. The van der Waals surface area contributed by atoms with Gasteiger partial charge >= 0.3 is 0 Å². The third kappa shape index (κ3) is 1.07. The Hall–Kier alpha value is -1.51. The number of rotatable bonds is 1. The van der Waals surface area contributed by atoms with Crippen molar-refractivity contribution in [3.05, 3.63) is 36.2 Å². The van der Waals surface area contributed by atoms with E-state index in [1.54, 1.807) is 12.3 Å². The van der Waals surface area contributed by atoms with Crippen molar-refractivity contribution in [2.24, 2.45) is 5.73 Å². The number of nitrogens with one attached hydrogen (secondary N) is 1. The Morgan fingerprint density at radius 3 is 2.80 bits per heavy atom. The van der Waals surface area contributed by atoms with E-state index in [2.05, 4.69) is 11.9 Å². The molecule has 0 unspecified atom stereocenters. The number of primary amides is 1. The zero-order valence-electron chi connectivity index (χ0n) is 5.42. The molecule has 1 aliphatic heterocycles. The van der Waals surface area contributed by atoms with E-state index < -0.39 is 5.91 Å². The zero-order valence-corrected chi connectivity index (χ0v) is 5.42. The van der Waals surface area contributed by atoms with Crippen LogP contribution in [-0.2, 0) is 4.79 Å². The predicted molar refractivity (Wildman–Crippen MR) is 38.7 cm³/mol. The van der Waals surface area contributed by atoms with E-state index in [1.807, 2.05) is 0 Å². The lowest BCUT2D eigenvalue weighted by Crippen LogP contribution is -2.18. The molecule has 0 aromatic carbocycles. The second kappa shape index (κ2) is 2.39. The Kier molecular flexibility index (Phi) is 1.58. The minimum Gasteiger partial charge on any atom is -0.367 e. The first-order chi connectivity index (χ1) is 4.72. The summed E-state index contributed by atoms with van der Waals surface area (Å²) >= 11 is 0. The Bertz CT molecular complexity index is 238. The highest BCUT2D eigenvalue weighted by Crippen LogP contribution is 2.09. The molecule has 0 radical (unpaired) electrons. The molecule has 0 aliphatic carbocycles. The maximum atomic E-state index is 10.6. The standard InChI is InChI=1S/C7H8N2O/c1-5-2-3-9-4-6(5)7(8)10/h2-4,9H,1H2,(H2,8,10). The van der Waals surface area contributed by atoms with Crippen LogP contribution in [-0.4, -0.2) is 5.91 Å². The molecule has 0 bridgehead atoms. The molecule has 3 N–H and O–H groups in total. The summed E-state index contributed by atoms with van der Waals surface area (Å²) in [4.78, 5) is 10.6. The maximum Gasteiger partial charge on any atom is 0.250 e. The molecule has 0 saturated carbocycles. The quantitative estimate of drug-likeness (QED) is 0.534. The van der Waals surface area contributed by atoms with Gasteiger partial charge in [-0.2, -0.15) is 0 Å². The highest BCUT2D eigenvalue weighted by Gasteiger charge is 2.07. The lowest BCUT2D eigenvalue weighted by atomic mass is 10.1. The van der Waals surface area contributed by atoms with E-state index in [9.17, 15) is 4.79 Å². The summed E-state index contributed by atoms with van der Waals surface area (Å²) in [5, 5.41) is 2.74. The van der Waals surface area contributed by atoms with Crippen molar-refractivity contribution in [1.82, 2.24) is 5.32 Å². The van der Waals surface area contributed by atoms with Gasteiger partial charge in [-0.15, -0.1) is 0 Å². The number of carbonyl (C=O) groups is 1. The van der Waals surface area contributed by atoms with Gasteiger partial charge in [-0.3, -0.25) is 4.79 Å². The Morgan fingerprint density at radius 2 is 2.40 bits per heavy atom. The molecule has 3 heteroatoms. The number of allylic oxidation sites excluding steroid dienone is 1. The van der Waals surface area contributed by atoms with Crippen LogP contribution in [0.4, 0.5) is 0 Å². The van der Waals surface area contributed by atoms with E-state index in [0.29, 0.717) is 11.1 Å². The van der Waals surface area contributed by atoms with Gasteiger partial charge in [-0.1, -0.05) is 6.58 Å². The molecule has 0 aromatic rings. The van der Waals surface area contributed by atoms with Gasteiger partial charge in [0, 0.05) is 12.4 Å². The van der Waals surface area contributed by atoms with E-state index in [4.69, 9.17) is 5.73 Å². The summed E-state index contributed by atoms with van der Waals surface area (Å²) in [5.41, 5.74) is 6.09. The zero-order chi connectivity index (χ0) is 7.56. The third-order valence-electron chi connectivity index (χ3n) is 1.22. The Balaban J connectivity index is 2.86. The van der Waals surface area contributed by atoms with Crippen molar-refractivity contribution >= 4 is 5.91 Å². The van der Waals surface area contributed by atoms with Crippen molar-refractivity contribution in [3.8, 4) is 0 Å². The molecule has 0 saturated heterocycles. The normalized spacial score (nSPS) is 16.0. The van der Waals surface area contributed by atoms with E-state index in [-0.39, 0.29) is 0 Å². The number of amides is 1. The van der Waals surface area contributed by atoms with Gasteiger partial charge in [0.05, 0.1) is 5.57 Å². The van der Waals surface area contributed by atoms with Crippen LogP contribution in [0.2, 0.25) is 0 Å². The van der Waals surface area contributed by atoms with Crippen molar-refractivity contribution in [2.75, 3.05) is 0 Å². The van der Waals surface area contributed by atoms with Crippen LogP contribution in [0.5, 0.6) is 0 Å². The highest BCUT2D eigenvalue weighted by atomic mass is 16.1. The van der Waals surface area contributed by atoms with Crippen molar-refractivity contribution in [2.45, 2.75) is 0 Å². The molecule has 10 heavy (non-hydrogen) atoms. The largest absolute Gasteiger partial charge is 0.367 e. The summed E-state index contributed by atoms with van der Waals surface area (Å²) in [6.45, 7) is 3.62. The van der Waals surface area contributed by atoms with Crippen LogP contribution in [0.1, 0.15) is 0 Å². The van der Waals surface area contributed by atoms with Crippen LogP contribution < -0.4 is 11.1 Å². The molecule has 3 nitrogen and oxygen atoms in total. The maximum absolute atomic E-state index is 10.6. The van der Waals surface area contributed by atoms with E-state index >= 15 is 0 Å². The Morgan fingerprint density at radius 1 is 1.70 bits per heavy atom. The van der Waals surface area contributed by atoms with Gasteiger partial charge in [0.2, 0.25) is 0 Å². The fourth-order valence-electron chi connectivity index (χ4n) is 0.692. The van der Waals surface area contributed by atoms with Gasteiger partial charge in [0.25, 0.3) is 5.91 Å². The van der Waals surface area contributed by atoms with Gasteiger partial charge in [-0.25, -0.2) is 0 Å². The molecule has 52 valence electrons. The smallest absolute Gasteiger partial charge is 0.250 e. The monoisotopic (exact) mass is 136 g/mol. The van der Waals surface area contributed by atoms with Crippen LogP contribution >= 0.6 is 0 Å². The molecule has 1 heterocycles. The minimum atomic E-state index is -0.457. The first-order valence-corrected chi connectivity index (χ1v) is 2.83. The van der Waals surface area contributed by atoms with Crippen molar-refractivity contribution in [1.29, 1.82) is 0 Å². The second-order valence-corrected chi connectivity index (χ2v) is 1.95. The molecular weight excluding hydrogens is 128 g/mol. The number of nitrogens with two attached hydrogens (primary N) is 1. The number of carbonyl (C=O) groups excluding carboxylic acids is 1. The van der Waals surface area contributed by atoms with Crippen LogP contribution in [0.25, 0.3) is 0 Å². The molecule has 1 rings (SSSR count). The first kappa shape index (κ1) is 6.61. The first-order valence-electron chi connectivity index (χ1n) is 2.83. The average Bonchev–Trinajstić information content (AvgIpc) is 1.88. The fourth-order valence-corrected chi connectivity index (χ4v) is 0.692. The summed E-state index contributed by atoms with van der Waals surface area (Å²) in [6, 6.07) is 0. The Labute approximate surface area is 58.9 Å². The summed E-state index contributed by atoms with van der Waals surface area (Å²) in [5.74, 6) is -0.457. The third-order valence-corrected chi connectivity index (χ3v) is 1.22. The van der Waals surface area contributed by atoms with Crippen LogP contribution in [0.15, 0.2) is 36.2 Å². The second-order valence-electron chi connectivity index (χ2n) is 1.95. The summed E-state index contributed by atoms with van der Waals surface area (Å²) in [6.07, 6.45) is 4.92. The van der Waals surface area contributed by atoms with E-state index in [1.165, 1.54) is 6.20 Å². The topological polar surface area (TPSA) is 55.1 Å². The summed E-state index contributed by atoms with van der Waals surface area (Å²) < 4.78 is 0. The van der Waals surface area contributed by atoms with Gasteiger partial charge in [-0.05, 0) is 11.6 Å². The number of hydrogen-bond donors (Lipinski definition) is 2. The van der Waals surface area contributed by atoms with Crippen LogP contribution in [0.3, 0.4) is 0 Å². The molecule has 0 atom stereocenters. The number of dihydropyridines is 1. The average molecular weight is 136 g/mol. The lowest BCUT2D eigenvalue weighted by Gasteiger charge is -2.06.